The van der Waals surface area contributed by atoms with Gasteiger partial charge in [0.1, 0.15) is 0 Å². The maximum atomic E-state index is 13.4. The molecule has 1 aromatic rings. The molecule has 2 heterocycles. The number of ether oxygens (including phenoxy) is 1. The van der Waals surface area contributed by atoms with E-state index in [1.807, 2.05) is 13.0 Å². The van der Waals surface area contributed by atoms with Crippen molar-refractivity contribution in [2.24, 2.45) is 5.73 Å². The summed E-state index contributed by atoms with van der Waals surface area (Å²) in [6.45, 7) is 7.22. The number of nitrogens with one attached hydrogen (secondary N) is 1. The van der Waals surface area contributed by atoms with Crippen LogP contribution in [0.25, 0.3) is 0 Å². The molecule has 33 heavy (non-hydrogen) atoms. The molecule has 0 radical (unpaired) electrons. The molecule has 0 aliphatic carbocycles. The van der Waals surface area contributed by atoms with Crippen molar-refractivity contribution in [3.8, 4) is 0 Å². The van der Waals surface area contributed by atoms with Gasteiger partial charge in [0.25, 0.3) is 0 Å². The third-order valence-corrected chi connectivity index (χ3v) is 5.86. The molecule has 1 aliphatic heterocycles. The number of carbonyl (C=O) groups excluding carboxylic acids is 2. The standard InChI is InChI=1S/C23H39N5O5/c1-4-7-10-18-17(9-6-3)16-19(21(30)25-12-11-20(24)29)28-23(32)26(22(31)27(18)28)13-15-33-14-8-5-2/h16,18-19H,4-15H2,1-3H3,(H2,24,29)(H,25,30). The van der Waals surface area contributed by atoms with Crippen LogP contribution in [-0.4, -0.2) is 45.5 Å². The van der Waals surface area contributed by atoms with Crippen LogP contribution < -0.4 is 22.4 Å². The van der Waals surface area contributed by atoms with E-state index >= 15 is 0 Å². The van der Waals surface area contributed by atoms with Crippen LogP contribution in [0.1, 0.15) is 84.2 Å². The Morgan fingerprint density at radius 1 is 1.03 bits per heavy atom. The Hall–Kier alpha value is -2.62. The number of unbranched alkanes of at least 4 members (excludes halogenated alkanes) is 2. The molecule has 0 bridgehead atoms. The summed E-state index contributed by atoms with van der Waals surface area (Å²) >= 11 is 0. The number of hydrogen-bond donors (Lipinski definition) is 2. The van der Waals surface area contributed by atoms with E-state index in [0.717, 1.165) is 48.7 Å². The molecule has 0 aromatic carbocycles. The highest BCUT2D eigenvalue weighted by atomic mass is 16.5. The number of carbonyl (C=O) groups is 2. The molecule has 0 saturated carbocycles. The molecule has 0 saturated heterocycles. The van der Waals surface area contributed by atoms with Gasteiger partial charge < -0.3 is 15.8 Å². The van der Waals surface area contributed by atoms with Crippen molar-refractivity contribution in [1.29, 1.82) is 0 Å². The zero-order chi connectivity index (χ0) is 24.4. The Morgan fingerprint density at radius 2 is 1.73 bits per heavy atom. The topological polar surface area (TPSA) is 130 Å². The van der Waals surface area contributed by atoms with Gasteiger partial charge in [-0.3, -0.25) is 9.59 Å². The van der Waals surface area contributed by atoms with Gasteiger partial charge in [-0.2, -0.15) is 0 Å². The molecular weight excluding hydrogens is 426 g/mol. The second kappa shape index (κ2) is 13.2. The molecule has 0 fully saturated rings. The Morgan fingerprint density at radius 3 is 2.36 bits per heavy atom. The lowest BCUT2D eigenvalue weighted by molar-refractivity contribution is -0.124. The predicted octanol–water partition coefficient (Wildman–Crippen LogP) is 1.63. The van der Waals surface area contributed by atoms with Crippen molar-refractivity contribution in [3.63, 3.8) is 0 Å². The van der Waals surface area contributed by atoms with Gasteiger partial charge in [0.05, 0.1) is 19.2 Å². The molecule has 1 aliphatic rings. The van der Waals surface area contributed by atoms with Crippen molar-refractivity contribution in [3.05, 3.63) is 32.6 Å². The fourth-order valence-electron chi connectivity index (χ4n) is 4.13. The summed E-state index contributed by atoms with van der Waals surface area (Å²) in [5, 5.41) is 2.67. The van der Waals surface area contributed by atoms with E-state index in [9.17, 15) is 19.2 Å². The van der Waals surface area contributed by atoms with E-state index in [4.69, 9.17) is 10.5 Å². The first-order valence-electron chi connectivity index (χ1n) is 12.1. The second-order valence-electron chi connectivity index (χ2n) is 8.47. The molecule has 10 nitrogen and oxygen atoms in total. The molecule has 2 rings (SSSR count). The fraction of sp³-hybridized carbons (Fsp3) is 0.739. The van der Waals surface area contributed by atoms with Crippen LogP contribution in [0.4, 0.5) is 0 Å². The Balaban J connectivity index is 2.44. The van der Waals surface area contributed by atoms with Crippen molar-refractivity contribution >= 4 is 11.8 Å². The van der Waals surface area contributed by atoms with Gasteiger partial charge in [-0.05, 0) is 30.9 Å². The van der Waals surface area contributed by atoms with Gasteiger partial charge in [0.15, 0.2) is 6.04 Å². The highest BCUT2D eigenvalue weighted by Crippen LogP contribution is 2.32. The van der Waals surface area contributed by atoms with E-state index in [1.54, 1.807) is 0 Å². The van der Waals surface area contributed by atoms with E-state index in [-0.39, 0.29) is 32.2 Å². The van der Waals surface area contributed by atoms with Gasteiger partial charge in [-0.1, -0.05) is 46.5 Å². The third-order valence-electron chi connectivity index (χ3n) is 5.86. The van der Waals surface area contributed by atoms with Crippen molar-refractivity contribution in [1.82, 2.24) is 19.2 Å². The summed E-state index contributed by atoms with van der Waals surface area (Å²) in [5.74, 6) is -0.963. The SMILES string of the molecule is CCCCOCCn1c(=O)n2n(c1=O)C(CCCC)C(CCC)=CC2C(=O)NCCC(N)=O. The number of fused-ring (bicyclic) bond motifs is 1. The van der Waals surface area contributed by atoms with Gasteiger partial charge in [0, 0.05) is 19.6 Å². The summed E-state index contributed by atoms with van der Waals surface area (Å²) in [6, 6.07) is -1.22. The number of rotatable bonds is 15. The van der Waals surface area contributed by atoms with Crippen LogP contribution in [0.5, 0.6) is 0 Å². The number of hydrogen-bond acceptors (Lipinski definition) is 5. The zero-order valence-electron chi connectivity index (χ0n) is 20.2. The number of nitrogens with two attached hydrogens (primary N) is 1. The predicted molar refractivity (Wildman–Crippen MR) is 126 cm³/mol. The maximum Gasteiger partial charge on any atom is 0.348 e. The number of amides is 2. The molecule has 1 aromatic heterocycles. The molecule has 2 atom stereocenters. The molecule has 0 spiro atoms. The van der Waals surface area contributed by atoms with Crippen LogP contribution in [0, 0.1) is 0 Å². The van der Waals surface area contributed by atoms with Gasteiger partial charge in [-0.15, -0.1) is 0 Å². The average Bonchev–Trinajstić information content (AvgIpc) is 3.02. The summed E-state index contributed by atoms with van der Waals surface area (Å²) in [4.78, 5) is 50.7. The van der Waals surface area contributed by atoms with Crippen LogP contribution in [-0.2, 0) is 20.9 Å². The quantitative estimate of drug-likeness (QED) is 0.300. The summed E-state index contributed by atoms with van der Waals surface area (Å²) in [6.07, 6.45) is 7.88. The van der Waals surface area contributed by atoms with Crippen LogP contribution in [0.2, 0.25) is 0 Å². The van der Waals surface area contributed by atoms with E-state index in [0.29, 0.717) is 13.0 Å². The van der Waals surface area contributed by atoms with Gasteiger partial charge >= 0.3 is 11.4 Å². The Bertz CT molecular complexity index is 942. The summed E-state index contributed by atoms with van der Waals surface area (Å²) in [7, 11) is 0. The number of primary amides is 1. The van der Waals surface area contributed by atoms with E-state index in [2.05, 4.69) is 19.2 Å². The third kappa shape index (κ3) is 6.69. The van der Waals surface area contributed by atoms with E-state index < -0.39 is 29.2 Å². The average molecular weight is 466 g/mol. The Labute approximate surface area is 194 Å². The van der Waals surface area contributed by atoms with Crippen LogP contribution in [0.15, 0.2) is 21.2 Å². The number of nitrogens with zero attached hydrogens (tertiary/aromatic N) is 3. The largest absolute Gasteiger partial charge is 0.380 e. The molecule has 186 valence electrons. The smallest absolute Gasteiger partial charge is 0.348 e. The first-order valence-corrected chi connectivity index (χ1v) is 12.1. The molecule has 3 N–H and O–H groups in total. The molecular formula is C23H39N5O5. The van der Waals surface area contributed by atoms with Crippen molar-refractivity contribution < 1.29 is 14.3 Å². The highest BCUT2D eigenvalue weighted by Gasteiger charge is 2.35. The number of aromatic nitrogens is 3. The highest BCUT2D eigenvalue weighted by molar-refractivity contribution is 5.83. The normalized spacial score (nSPS) is 17.5. The van der Waals surface area contributed by atoms with Crippen LogP contribution >= 0.6 is 0 Å². The van der Waals surface area contributed by atoms with Crippen molar-refractivity contribution in [2.75, 3.05) is 19.8 Å². The second-order valence-corrected chi connectivity index (χ2v) is 8.47. The summed E-state index contributed by atoms with van der Waals surface area (Å²) in [5.41, 5.74) is 5.21. The number of allylic oxidation sites excluding steroid dienone is 1. The molecule has 10 heteroatoms. The minimum atomic E-state index is -0.959. The van der Waals surface area contributed by atoms with Crippen LogP contribution in [0.3, 0.4) is 0 Å². The molecule has 2 unspecified atom stereocenters. The monoisotopic (exact) mass is 465 g/mol. The molecule has 2 amide bonds. The fourth-order valence-corrected chi connectivity index (χ4v) is 4.13. The lowest BCUT2D eigenvalue weighted by Gasteiger charge is -2.31. The first kappa shape index (κ1) is 26.6. The van der Waals surface area contributed by atoms with E-state index in [1.165, 1.54) is 9.36 Å². The zero-order valence-corrected chi connectivity index (χ0v) is 20.2. The first-order chi connectivity index (χ1) is 15.9. The Kier molecular flexibility index (Phi) is 10.6. The summed E-state index contributed by atoms with van der Waals surface area (Å²) < 4.78 is 9.47. The maximum absolute atomic E-state index is 13.4. The minimum Gasteiger partial charge on any atom is -0.380 e. The lowest BCUT2D eigenvalue weighted by atomic mass is 9.93. The van der Waals surface area contributed by atoms with Gasteiger partial charge in [0.2, 0.25) is 11.8 Å². The van der Waals surface area contributed by atoms with Crippen molar-refractivity contribution in [2.45, 2.75) is 90.8 Å². The minimum absolute atomic E-state index is 0.000924. The lowest BCUT2D eigenvalue weighted by Crippen LogP contribution is -2.44. The van der Waals surface area contributed by atoms with Gasteiger partial charge in [-0.25, -0.2) is 23.5 Å².